The molecule has 6 aliphatic rings. The predicted octanol–water partition coefficient (Wildman–Crippen LogP) is -3.25. The number of piperazine rings is 3. The average molecular weight is 595 g/mol. The van der Waals surface area contributed by atoms with Crippen LogP contribution in [0.3, 0.4) is 0 Å². The molecule has 6 heterocycles. The molecule has 0 aliphatic carbocycles. The Kier molecular flexibility index (Phi) is 14.1. The van der Waals surface area contributed by atoms with Gasteiger partial charge >= 0.3 is 18.1 Å². The fraction of sp³-hybridized carbons (Fsp3) is 0.889. The van der Waals surface area contributed by atoms with Crippen molar-refractivity contribution in [3.05, 3.63) is 0 Å². The van der Waals surface area contributed by atoms with Crippen molar-refractivity contribution in [2.45, 2.75) is 0 Å². The van der Waals surface area contributed by atoms with Gasteiger partial charge in [-0.2, -0.15) is 0 Å². The Bertz CT molecular complexity index is 774. The summed E-state index contributed by atoms with van der Waals surface area (Å²) in [4.78, 5) is 46.4. The number of amides is 6. The van der Waals surface area contributed by atoms with E-state index >= 15 is 0 Å². The lowest BCUT2D eigenvalue weighted by Gasteiger charge is -2.32. The Morgan fingerprint density at radius 1 is 0.357 bits per heavy atom. The maximum atomic E-state index is 11.2. The molecule has 0 bridgehead atoms. The SMILES string of the molecule is C1CN(CCN2CCNCC2)CCN1.O=C1NCCN1CCN1CCNC1=O.O=C1NCCN1CCN1CCNCC1. The van der Waals surface area contributed by atoms with Crippen molar-refractivity contribution in [3.63, 3.8) is 0 Å². The van der Waals surface area contributed by atoms with Crippen LogP contribution < -0.4 is 31.9 Å². The second-order valence-corrected chi connectivity index (χ2v) is 11.4. The molecule has 0 atom stereocenters. The number of urea groups is 3. The van der Waals surface area contributed by atoms with Crippen molar-refractivity contribution in [1.82, 2.24) is 61.3 Å². The minimum absolute atomic E-state index is 0.0235. The van der Waals surface area contributed by atoms with Gasteiger partial charge in [-0.3, -0.25) is 14.7 Å². The highest BCUT2D eigenvalue weighted by Crippen LogP contribution is 2.01. The first kappa shape index (κ1) is 32.5. The van der Waals surface area contributed by atoms with Crippen LogP contribution >= 0.6 is 0 Å². The van der Waals surface area contributed by atoms with E-state index in [2.05, 4.69) is 46.6 Å². The third-order valence-corrected chi connectivity index (χ3v) is 8.52. The summed E-state index contributed by atoms with van der Waals surface area (Å²) in [6.07, 6.45) is 0. The molecule has 6 N–H and O–H groups in total. The largest absolute Gasteiger partial charge is 0.336 e. The molecule has 6 rings (SSSR count). The molecule has 6 amide bonds. The fourth-order valence-corrected chi connectivity index (χ4v) is 5.76. The monoisotopic (exact) mass is 594 g/mol. The van der Waals surface area contributed by atoms with Gasteiger partial charge in [-0.25, -0.2) is 14.4 Å². The summed E-state index contributed by atoms with van der Waals surface area (Å²) < 4.78 is 0. The lowest BCUT2D eigenvalue weighted by molar-refractivity contribution is 0.177. The first-order valence-electron chi connectivity index (χ1n) is 16.0. The predicted molar refractivity (Wildman–Crippen MR) is 163 cm³/mol. The maximum absolute atomic E-state index is 11.2. The zero-order chi connectivity index (χ0) is 29.4. The molecule has 240 valence electrons. The fourth-order valence-electron chi connectivity index (χ4n) is 5.76. The van der Waals surface area contributed by atoms with Crippen molar-refractivity contribution in [2.24, 2.45) is 0 Å². The Labute approximate surface area is 251 Å². The Morgan fingerprint density at radius 3 is 0.881 bits per heavy atom. The highest BCUT2D eigenvalue weighted by molar-refractivity contribution is 5.77. The van der Waals surface area contributed by atoms with E-state index in [-0.39, 0.29) is 18.1 Å². The molecule has 0 spiro atoms. The summed E-state index contributed by atoms with van der Waals surface area (Å²) in [7, 11) is 0. The molecule has 0 aromatic carbocycles. The van der Waals surface area contributed by atoms with Gasteiger partial charge in [0, 0.05) is 157 Å². The third kappa shape index (κ3) is 11.3. The lowest BCUT2D eigenvalue weighted by atomic mass is 10.3. The molecule has 6 saturated heterocycles. The van der Waals surface area contributed by atoms with Crippen LogP contribution in [0.25, 0.3) is 0 Å². The highest BCUT2D eigenvalue weighted by Gasteiger charge is 2.24. The number of rotatable bonds is 9. The molecular formula is C27H54N12O3. The van der Waals surface area contributed by atoms with E-state index in [1.54, 1.807) is 9.80 Å². The quantitative estimate of drug-likeness (QED) is 0.162. The van der Waals surface area contributed by atoms with Gasteiger partial charge < -0.3 is 46.6 Å². The number of carbonyl (C=O) groups excluding carboxylic acids is 3. The van der Waals surface area contributed by atoms with Crippen LogP contribution in [0.1, 0.15) is 0 Å². The average Bonchev–Trinajstić information content (AvgIpc) is 3.77. The van der Waals surface area contributed by atoms with Crippen LogP contribution in [0.15, 0.2) is 0 Å². The van der Waals surface area contributed by atoms with Crippen molar-refractivity contribution >= 4 is 18.1 Å². The van der Waals surface area contributed by atoms with Gasteiger partial charge in [-0.05, 0) is 0 Å². The van der Waals surface area contributed by atoms with Crippen LogP contribution in [0.2, 0.25) is 0 Å². The van der Waals surface area contributed by atoms with Crippen molar-refractivity contribution in [2.75, 3.05) is 157 Å². The second kappa shape index (κ2) is 18.3. The van der Waals surface area contributed by atoms with E-state index < -0.39 is 0 Å². The molecule has 15 heteroatoms. The van der Waals surface area contributed by atoms with E-state index in [1.165, 1.54) is 65.4 Å². The number of hydrogen-bond donors (Lipinski definition) is 6. The topological polar surface area (TPSA) is 143 Å². The normalized spacial score (nSPS) is 24.0. The Hall–Kier alpha value is -2.43. The molecule has 15 nitrogen and oxygen atoms in total. The van der Waals surface area contributed by atoms with Gasteiger partial charge in [-0.15, -0.1) is 0 Å². The minimum atomic E-state index is -0.0235. The van der Waals surface area contributed by atoms with Gasteiger partial charge in [0.1, 0.15) is 0 Å². The van der Waals surface area contributed by atoms with Crippen LogP contribution in [0.5, 0.6) is 0 Å². The van der Waals surface area contributed by atoms with Crippen molar-refractivity contribution in [1.29, 1.82) is 0 Å². The molecular weight excluding hydrogens is 540 g/mol. The molecule has 0 aromatic heterocycles. The van der Waals surface area contributed by atoms with E-state index in [0.29, 0.717) is 26.2 Å². The summed E-state index contributed by atoms with van der Waals surface area (Å²) in [6.45, 7) is 24.2. The molecule has 6 aliphatic heterocycles. The summed E-state index contributed by atoms with van der Waals surface area (Å²) >= 11 is 0. The maximum Gasteiger partial charge on any atom is 0.317 e. The molecule has 6 fully saturated rings. The van der Waals surface area contributed by atoms with Gasteiger partial charge in [0.25, 0.3) is 0 Å². The van der Waals surface area contributed by atoms with Gasteiger partial charge in [-0.1, -0.05) is 0 Å². The number of carbonyl (C=O) groups is 3. The number of hydrogen-bond acceptors (Lipinski definition) is 9. The summed E-state index contributed by atoms with van der Waals surface area (Å²) in [5, 5.41) is 18.4. The zero-order valence-electron chi connectivity index (χ0n) is 25.4. The van der Waals surface area contributed by atoms with Crippen LogP contribution in [0, 0.1) is 0 Å². The molecule has 42 heavy (non-hydrogen) atoms. The zero-order valence-corrected chi connectivity index (χ0v) is 25.4. The van der Waals surface area contributed by atoms with Crippen LogP contribution in [-0.2, 0) is 0 Å². The molecule has 0 aromatic rings. The first-order chi connectivity index (χ1) is 20.6. The number of nitrogens with zero attached hydrogens (tertiary/aromatic N) is 6. The molecule has 0 radical (unpaired) electrons. The summed E-state index contributed by atoms with van der Waals surface area (Å²) in [6, 6.07) is 0.0503. The summed E-state index contributed by atoms with van der Waals surface area (Å²) in [5.74, 6) is 0. The van der Waals surface area contributed by atoms with E-state index in [1.807, 2.05) is 4.90 Å². The Morgan fingerprint density at radius 2 is 0.619 bits per heavy atom. The Balaban J connectivity index is 0.000000145. The van der Waals surface area contributed by atoms with E-state index in [4.69, 9.17) is 0 Å². The second-order valence-electron chi connectivity index (χ2n) is 11.4. The minimum Gasteiger partial charge on any atom is -0.336 e. The van der Waals surface area contributed by atoms with Gasteiger partial charge in [0.05, 0.1) is 0 Å². The van der Waals surface area contributed by atoms with Gasteiger partial charge in [0.15, 0.2) is 0 Å². The molecule has 0 saturated carbocycles. The van der Waals surface area contributed by atoms with Crippen molar-refractivity contribution < 1.29 is 14.4 Å². The van der Waals surface area contributed by atoms with Crippen LogP contribution in [-0.4, -0.2) is 205 Å². The van der Waals surface area contributed by atoms with Crippen molar-refractivity contribution in [3.8, 4) is 0 Å². The lowest BCUT2D eigenvalue weighted by Crippen LogP contribution is -2.49. The highest BCUT2D eigenvalue weighted by atomic mass is 16.2. The first-order valence-corrected chi connectivity index (χ1v) is 16.0. The van der Waals surface area contributed by atoms with Gasteiger partial charge in [0.2, 0.25) is 0 Å². The third-order valence-electron chi connectivity index (χ3n) is 8.52. The van der Waals surface area contributed by atoms with Crippen LogP contribution in [0.4, 0.5) is 14.4 Å². The smallest absolute Gasteiger partial charge is 0.317 e. The number of nitrogens with one attached hydrogen (secondary N) is 6. The van der Waals surface area contributed by atoms with E-state index in [9.17, 15) is 14.4 Å². The summed E-state index contributed by atoms with van der Waals surface area (Å²) in [5.41, 5.74) is 0. The van der Waals surface area contributed by atoms with E-state index in [0.717, 1.165) is 65.4 Å². The standard InChI is InChI=1S/C10H22N4.C9H18N4O.C8H14N4O2/c1-5-13(6-2-11-1)9-10-14-7-3-12-4-8-14;14-9-11-3-6-13(9)8-7-12-4-1-10-2-5-12;13-7-9-1-3-11(7)5-6-12-4-2-10-8(12)14/h11-12H,1-10H2;10H,1-8H2,(H,11,14);1-6H2,(H,9,13)(H,10,14). The molecule has 0 unspecified atom stereocenters.